The van der Waals surface area contributed by atoms with Gasteiger partial charge < -0.3 is 25.4 Å². The molecule has 0 bridgehead atoms. The van der Waals surface area contributed by atoms with Crippen molar-refractivity contribution < 1.29 is 19.0 Å². The number of hydrogen-bond donors (Lipinski definition) is 3. The molecule has 3 N–H and O–H groups in total. The van der Waals surface area contributed by atoms with E-state index in [2.05, 4.69) is 31.6 Å². The highest BCUT2D eigenvalue weighted by Crippen LogP contribution is 2.31. The van der Waals surface area contributed by atoms with Gasteiger partial charge in [-0.05, 0) is 70.2 Å². The fraction of sp³-hybridized carbons (Fsp3) is 0.536. The van der Waals surface area contributed by atoms with Gasteiger partial charge in [-0.15, -0.1) is 0 Å². The number of nitrogens with zero attached hydrogens (tertiary/aromatic N) is 3. The quantitative estimate of drug-likeness (QED) is 0.508. The van der Waals surface area contributed by atoms with E-state index in [0.717, 1.165) is 48.3 Å². The average Bonchev–Trinajstić information content (AvgIpc) is 2.86. The molecule has 1 aliphatic heterocycles. The SMILES string of the molecule is C[C@H]1CN(c2ccncc2NCc2ccc(F)c(C3=CCCCC3)n2)C[C@@H](NC(=O)OC(C)(C)C)[C@@H]1O. The van der Waals surface area contributed by atoms with Crippen LogP contribution >= 0.6 is 0 Å². The number of anilines is 2. The monoisotopic (exact) mass is 511 g/mol. The molecule has 3 heterocycles. The van der Waals surface area contributed by atoms with E-state index < -0.39 is 23.8 Å². The predicted octanol–water partition coefficient (Wildman–Crippen LogP) is 4.90. The van der Waals surface area contributed by atoms with Crippen LogP contribution in [-0.4, -0.2) is 52.0 Å². The Morgan fingerprint density at radius 3 is 2.78 bits per heavy atom. The molecule has 0 unspecified atom stereocenters. The predicted molar refractivity (Wildman–Crippen MR) is 143 cm³/mol. The standard InChI is InChI=1S/C28H38FN5O3/c1-18-16-34(17-23(26(18)35)33-27(36)37-28(2,3)4)24-12-13-30-15-22(24)31-14-20-10-11-21(29)25(32-20)19-8-6-5-7-9-19/h8,10-13,15,18,23,26,31,35H,5-7,9,14,16-17H2,1-4H3,(H,33,36)/t18-,23+,26+/m0/s1. The molecule has 0 saturated carbocycles. The minimum Gasteiger partial charge on any atom is -0.444 e. The number of carbonyl (C=O) groups excluding carboxylic acids is 1. The Labute approximate surface area is 218 Å². The summed E-state index contributed by atoms with van der Waals surface area (Å²) in [6.07, 6.45) is 8.32. The number of alkyl carbamates (subject to hydrolysis) is 1. The van der Waals surface area contributed by atoms with E-state index in [1.807, 2.05) is 13.0 Å². The van der Waals surface area contributed by atoms with E-state index in [1.54, 1.807) is 39.2 Å². The lowest BCUT2D eigenvalue weighted by molar-refractivity contribution is 0.0303. The molecule has 0 aromatic carbocycles. The summed E-state index contributed by atoms with van der Waals surface area (Å²) < 4.78 is 19.9. The molecule has 0 spiro atoms. The van der Waals surface area contributed by atoms with Crippen LogP contribution in [0.25, 0.3) is 5.57 Å². The minimum absolute atomic E-state index is 0.0835. The lowest BCUT2D eigenvalue weighted by Crippen LogP contribution is -2.59. The van der Waals surface area contributed by atoms with Crippen LogP contribution in [0.5, 0.6) is 0 Å². The molecule has 1 fully saturated rings. The fourth-order valence-corrected chi connectivity index (χ4v) is 4.90. The van der Waals surface area contributed by atoms with Crippen molar-refractivity contribution in [3.63, 3.8) is 0 Å². The van der Waals surface area contributed by atoms with Crippen LogP contribution in [0, 0.1) is 11.7 Å². The Kier molecular flexibility index (Phi) is 8.32. The Morgan fingerprint density at radius 2 is 2.05 bits per heavy atom. The van der Waals surface area contributed by atoms with E-state index in [9.17, 15) is 14.3 Å². The zero-order valence-corrected chi connectivity index (χ0v) is 22.1. The summed E-state index contributed by atoms with van der Waals surface area (Å²) in [6, 6.07) is 4.60. The third-order valence-corrected chi connectivity index (χ3v) is 6.72. The van der Waals surface area contributed by atoms with Crippen molar-refractivity contribution in [3.05, 3.63) is 53.9 Å². The first kappa shape index (κ1) is 26.9. The number of amides is 1. The van der Waals surface area contributed by atoms with Crippen molar-refractivity contribution in [2.45, 2.75) is 77.7 Å². The number of ether oxygens (including phenoxy) is 1. The maximum Gasteiger partial charge on any atom is 0.408 e. The van der Waals surface area contributed by atoms with Gasteiger partial charge in [0.25, 0.3) is 0 Å². The molecule has 9 heteroatoms. The normalized spacial score (nSPS) is 22.3. The largest absolute Gasteiger partial charge is 0.444 e. The highest BCUT2D eigenvalue weighted by Gasteiger charge is 2.36. The highest BCUT2D eigenvalue weighted by molar-refractivity contribution is 5.71. The van der Waals surface area contributed by atoms with Crippen molar-refractivity contribution in [3.8, 4) is 0 Å². The van der Waals surface area contributed by atoms with Gasteiger partial charge in [0.2, 0.25) is 0 Å². The number of pyridine rings is 2. The van der Waals surface area contributed by atoms with Gasteiger partial charge in [-0.2, -0.15) is 0 Å². The van der Waals surface area contributed by atoms with E-state index >= 15 is 0 Å². The minimum atomic E-state index is -0.696. The number of aromatic nitrogens is 2. The molecule has 1 aliphatic carbocycles. The van der Waals surface area contributed by atoms with E-state index in [0.29, 0.717) is 25.3 Å². The zero-order chi connectivity index (χ0) is 26.6. The topological polar surface area (TPSA) is 99.6 Å². The number of carbonyl (C=O) groups is 1. The Hall–Kier alpha value is -3.20. The van der Waals surface area contributed by atoms with Crippen molar-refractivity contribution in [1.82, 2.24) is 15.3 Å². The summed E-state index contributed by atoms with van der Waals surface area (Å²) in [5.41, 5.74) is 3.24. The van der Waals surface area contributed by atoms with Crippen LogP contribution in [-0.2, 0) is 11.3 Å². The lowest BCUT2D eigenvalue weighted by atomic mass is 9.92. The molecular weight excluding hydrogens is 473 g/mol. The van der Waals surface area contributed by atoms with E-state index in [1.165, 1.54) is 6.07 Å². The second-order valence-corrected chi connectivity index (χ2v) is 11.0. The van der Waals surface area contributed by atoms with Gasteiger partial charge in [-0.25, -0.2) is 14.2 Å². The summed E-state index contributed by atoms with van der Waals surface area (Å²) >= 11 is 0. The second-order valence-electron chi connectivity index (χ2n) is 11.0. The Morgan fingerprint density at radius 1 is 1.24 bits per heavy atom. The van der Waals surface area contributed by atoms with Crippen molar-refractivity contribution in [2.24, 2.45) is 5.92 Å². The molecule has 8 nitrogen and oxygen atoms in total. The van der Waals surface area contributed by atoms with Crippen LogP contribution in [0.4, 0.5) is 20.6 Å². The number of halogens is 1. The number of rotatable bonds is 6. The number of allylic oxidation sites excluding steroid dienone is 2. The summed E-state index contributed by atoms with van der Waals surface area (Å²) in [5, 5.41) is 17.0. The van der Waals surface area contributed by atoms with Crippen molar-refractivity contribution >= 4 is 23.0 Å². The molecule has 37 heavy (non-hydrogen) atoms. The summed E-state index contributed by atoms with van der Waals surface area (Å²) in [7, 11) is 0. The number of piperidine rings is 1. The first-order valence-corrected chi connectivity index (χ1v) is 13.1. The van der Waals surface area contributed by atoms with E-state index in [4.69, 9.17) is 4.74 Å². The second kappa shape index (κ2) is 11.5. The molecule has 1 amide bonds. The summed E-state index contributed by atoms with van der Waals surface area (Å²) in [5.74, 6) is -0.372. The Bertz CT molecular complexity index is 1130. The fourth-order valence-electron chi connectivity index (χ4n) is 4.90. The van der Waals surface area contributed by atoms with Crippen LogP contribution < -0.4 is 15.5 Å². The van der Waals surface area contributed by atoms with Crippen LogP contribution in [0.15, 0.2) is 36.7 Å². The van der Waals surface area contributed by atoms with Crippen molar-refractivity contribution in [2.75, 3.05) is 23.3 Å². The maximum absolute atomic E-state index is 14.5. The summed E-state index contributed by atoms with van der Waals surface area (Å²) in [4.78, 5) is 23.4. The van der Waals surface area contributed by atoms with Gasteiger partial charge in [-0.1, -0.05) is 13.0 Å². The van der Waals surface area contributed by atoms with E-state index in [-0.39, 0.29) is 11.7 Å². The number of nitrogens with one attached hydrogen (secondary N) is 2. The molecule has 2 aromatic heterocycles. The third-order valence-electron chi connectivity index (χ3n) is 6.72. The average molecular weight is 512 g/mol. The molecular formula is C28H38FN5O3. The van der Waals surface area contributed by atoms with Gasteiger partial charge in [0, 0.05) is 25.2 Å². The zero-order valence-electron chi connectivity index (χ0n) is 22.1. The molecule has 200 valence electrons. The van der Waals surface area contributed by atoms with Gasteiger partial charge in [0.1, 0.15) is 17.1 Å². The van der Waals surface area contributed by atoms with Gasteiger partial charge in [0.05, 0.1) is 42.0 Å². The number of aliphatic hydroxyl groups is 1. The van der Waals surface area contributed by atoms with Crippen molar-refractivity contribution in [1.29, 1.82) is 0 Å². The highest BCUT2D eigenvalue weighted by atomic mass is 19.1. The number of hydrogen-bond acceptors (Lipinski definition) is 7. The molecule has 3 atom stereocenters. The molecule has 1 saturated heterocycles. The first-order valence-electron chi connectivity index (χ1n) is 13.1. The summed E-state index contributed by atoms with van der Waals surface area (Å²) in [6.45, 7) is 8.80. The van der Waals surface area contributed by atoms with Crippen LogP contribution in [0.2, 0.25) is 0 Å². The van der Waals surface area contributed by atoms with Crippen LogP contribution in [0.3, 0.4) is 0 Å². The van der Waals surface area contributed by atoms with Gasteiger partial charge >= 0.3 is 6.09 Å². The third kappa shape index (κ3) is 6.97. The number of aliphatic hydroxyl groups excluding tert-OH is 1. The molecule has 0 radical (unpaired) electrons. The van der Waals surface area contributed by atoms with Gasteiger partial charge in [0.15, 0.2) is 0 Å². The first-order chi connectivity index (χ1) is 17.6. The smallest absolute Gasteiger partial charge is 0.408 e. The molecule has 2 aromatic rings. The molecule has 4 rings (SSSR count). The molecule has 2 aliphatic rings. The Balaban J connectivity index is 1.48. The lowest BCUT2D eigenvalue weighted by Gasteiger charge is -2.42. The van der Waals surface area contributed by atoms with Crippen LogP contribution in [0.1, 0.15) is 64.8 Å². The maximum atomic E-state index is 14.5. The van der Waals surface area contributed by atoms with Gasteiger partial charge in [-0.3, -0.25) is 4.98 Å².